The van der Waals surface area contributed by atoms with Gasteiger partial charge in [-0.15, -0.1) is 11.3 Å². The normalized spacial score (nSPS) is 28.1. The summed E-state index contributed by atoms with van der Waals surface area (Å²) in [7, 11) is 0. The minimum Gasteiger partial charge on any atom is -0.375 e. The molecule has 0 unspecified atom stereocenters. The van der Waals surface area contributed by atoms with Crippen LogP contribution in [-0.4, -0.2) is 48.4 Å². The number of hydrogen-bond donors (Lipinski definition) is 0. The first-order valence-corrected chi connectivity index (χ1v) is 8.75. The van der Waals surface area contributed by atoms with Gasteiger partial charge >= 0.3 is 0 Å². The lowest BCUT2D eigenvalue weighted by Crippen LogP contribution is -2.47. The Morgan fingerprint density at radius 2 is 2.10 bits per heavy atom. The van der Waals surface area contributed by atoms with E-state index >= 15 is 0 Å². The number of hydrogen-bond acceptors (Lipinski definition) is 5. The summed E-state index contributed by atoms with van der Waals surface area (Å²) in [6, 6.07) is 0. The molecule has 0 saturated carbocycles. The highest BCUT2D eigenvalue weighted by Crippen LogP contribution is 2.28. The highest BCUT2D eigenvalue weighted by molar-refractivity contribution is 7.11. The first kappa shape index (κ1) is 15.4. The van der Waals surface area contributed by atoms with Crippen LogP contribution < -0.4 is 0 Å². The van der Waals surface area contributed by atoms with E-state index < -0.39 is 0 Å². The summed E-state index contributed by atoms with van der Waals surface area (Å²) < 4.78 is 11.7. The summed E-state index contributed by atoms with van der Waals surface area (Å²) in [5.74, 6) is 0. The maximum atomic E-state index is 5.91. The third kappa shape index (κ3) is 3.83. The van der Waals surface area contributed by atoms with Gasteiger partial charge in [-0.2, -0.15) is 0 Å². The zero-order valence-corrected chi connectivity index (χ0v) is 14.1. The number of nitrogens with zero attached hydrogens (tertiary/aromatic N) is 2. The molecule has 2 fully saturated rings. The van der Waals surface area contributed by atoms with E-state index in [0.717, 1.165) is 39.3 Å². The molecule has 2 aliphatic rings. The van der Waals surface area contributed by atoms with E-state index in [2.05, 4.69) is 30.7 Å². The molecule has 3 rings (SSSR count). The number of morpholine rings is 1. The van der Waals surface area contributed by atoms with Gasteiger partial charge < -0.3 is 9.47 Å². The second-order valence-electron chi connectivity index (χ2n) is 7.08. The first-order valence-electron chi connectivity index (χ1n) is 7.93. The van der Waals surface area contributed by atoms with Gasteiger partial charge in [-0.3, -0.25) is 4.90 Å². The Morgan fingerprint density at radius 1 is 1.29 bits per heavy atom. The van der Waals surface area contributed by atoms with Crippen LogP contribution in [0, 0.1) is 0 Å². The van der Waals surface area contributed by atoms with Gasteiger partial charge in [0.05, 0.1) is 23.8 Å². The molecule has 118 valence electrons. The lowest BCUT2D eigenvalue weighted by atomic mass is 9.98. The summed E-state index contributed by atoms with van der Waals surface area (Å²) in [6.45, 7) is 11.3. The van der Waals surface area contributed by atoms with E-state index in [1.165, 1.54) is 16.3 Å². The molecule has 4 nitrogen and oxygen atoms in total. The number of rotatable bonds is 3. The Kier molecular flexibility index (Phi) is 4.64. The van der Waals surface area contributed by atoms with Gasteiger partial charge in [-0.05, 0) is 12.8 Å². The molecule has 1 aromatic heterocycles. The second kappa shape index (κ2) is 6.32. The molecule has 0 aliphatic carbocycles. The Bertz CT molecular complexity index is 463. The zero-order valence-electron chi connectivity index (χ0n) is 13.3. The molecule has 2 atom stereocenters. The Balaban J connectivity index is 1.58. The Hall–Kier alpha value is -0.490. The Morgan fingerprint density at radius 3 is 2.76 bits per heavy atom. The van der Waals surface area contributed by atoms with Gasteiger partial charge in [-0.25, -0.2) is 4.98 Å². The van der Waals surface area contributed by atoms with Gasteiger partial charge in [0, 0.05) is 42.7 Å². The monoisotopic (exact) mass is 310 g/mol. The van der Waals surface area contributed by atoms with Crippen molar-refractivity contribution in [2.24, 2.45) is 0 Å². The quantitative estimate of drug-likeness (QED) is 0.860. The van der Waals surface area contributed by atoms with Crippen LogP contribution in [0.5, 0.6) is 0 Å². The van der Waals surface area contributed by atoms with Crippen LogP contribution in [0.2, 0.25) is 0 Å². The molecule has 0 aromatic carbocycles. The number of ether oxygens (including phenoxy) is 2. The van der Waals surface area contributed by atoms with Crippen molar-refractivity contribution in [2.75, 3.05) is 26.3 Å². The van der Waals surface area contributed by atoms with Crippen LogP contribution in [0.1, 0.15) is 43.5 Å². The van der Waals surface area contributed by atoms with Gasteiger partial charge in [0.15, 0.2) is 0 Å². The molecule has 2 saturated heterocycles. The topological polar surface area (TPSA) is 34.6 Å². The van der Waals surface area contributed by atoms with Crippen LogP contribution in [0.3, 0.4) is 0 Å². The summed E-state index contributed by atoms with van der Waals surface area (Å²) in [4.78, 5) is 8.42. The molecule has 21 heavy (non-hydrogen) atoms. The van der Waals surface area contributed by atoms with E-state index in [1.807, 2.05) is 17.5 Å². The zero-order chi connectivity index (χ0) is 14.9. The van der Waals surface area contributed by atoms with Crippen LogP contribution in [-0.2, 0) is 21.4 Å². The van der Waals surface area contributed by atoms with Crippen molar-refractivity contribution in [1.82, 2.24) is 9.88 Å². The average molecular weight is 310 g/mol. The average Bonchev–Trinajstić information content (AvgIpc) is 3.09. The molecule has 0 bridgehead atoms. The highest BCUT2D eigenvalue weighted by Gasteiger charge is 2.31. The van der Waals surface area contributed by atoms with E-state index in [-0.39, 0.29) is 11.5 Å². The molecule has 0 radical (unpaired) electrons. The highest BCUT2D eigenvalue weighted by atomic mass is 32.1. The first-order chi connectivity index (χ1) is 10.0. The van der Waals surface area contributed by atoms with Crippen molar-refractivity contribution >= 4 is 11.3 Å². The summed E-state index contributed by atoms with van der Waals surface area (Å²) in [5.41, 5.74) is 0.147. The third-order valence-electron chi connectivity index (χ3n) is 4.13. The van der Waals surface area contributed by atoms with Crippen LogP contribution in [0.15, 0.2) is 6.20 Å². The summed E-state index contributed by atoms with van der Waals surface area (Å²) in [6.07, 6.45) is 4.92. The fraction of sp³-hybridized carbons (Fsp3) is 0.812. The summed E-state index contributed by atoms with van der Waals surface area (Å²) >= 11 is 1.84. The molecule has 2 aliphatic heterocycles. The number of aromatic nitrogens is 1. The summed E-state index contributed by atoms with van der Waals surface area (Å²) in [5, 5.41) is 1.22. The third-order valence-corrected chi connectivity index (χ3v) is 5.54. The predicted octanol–water partition coefficient (Wildman–Crippen LogP) is 2.82. The molecular weight excluding hydrogens is 284 g/mol. The van der Waals surface area contributed by atoms with Crippen molar-refractivity contribution in [1.29, 1.82) is 0 Å². The van der Waals surface area contributed by atoms with E-state index in [4.69, 9.17) is 9.47 Å². The molecule has 5 heteroatoms. The van der Waals surface area contributed by atoms with Crippen LogP contribution >= 0.6 is 11.3 Å². The lowest BCUT2D eigenvalue weighted by Gasteiger charge is -2.35. The minimum atomic E-state index is 0.147. The Labute approximate surface area is 131 Å². The predicted molar refractivity (Wildman–Crippen MR) is 84.8 cm³/mol. The molecule has 3 heterocycles. The fourth-order valence-electron chi connectivity index (χ4n) is 2.94. The molecule has 1 aromatic rings. The number of thiazole rings is 1. The van der Waals surface area contributed by atoms with E-state index in [1.54, 1.807) is 0 Å². The van der Waals surface area contributed by atoms with Crippen LogP contribution in [0.25, 0.3) is 0 Å². The molecular formula is C16H26N2O2S. The smallest absolute Gasteiger partial charge is 0.0981 e. The van der Waals surface area contributed by atoms with Gasteiger partial charge in [0.2, 0.25) is 0 Å². The van der Waals surface area contributed by atoms with Crippen molar-refractivity contribution in [2.45, 2.75) is 57.8 Å². The fourth-order valence-corrected chi connectivity index (χ4v) is 3.96. The van der Waals surface area contributed by atoms with Crippen molar-refractivity contribution in [3.05, 3.63) is 16.1 Å². The maximum absolute atomic E-state index is 5.91. The molecule has 0 N–H and O–H groups in total. The minimum absolute atomic E-state index is 0.147. The van der Waals surface area contributed by atoms with Crippen molar-refractivity contribution in [3.8, 4) is 0 Å². The maximum Gasteiger partial charge on any atom is 0.0981 e. The second-order valence-corrected chi connectivity index (χ2v) is 8.19. The van der Waals surface area contributed by atoms with E-state index in [0.29, 0.717) is 6.10 Å². The van der Waals surface area contributed by atoms with Crippen molar-refractivity contribution < 1.29 is 9.47 Å². The SMILES string of the molecule is CC(C)(C)c1ncc(CN2CCO[C@H]([C@@H]3CCCO3)C2)s1. The van der Waals surface area contributed by atoms with Gasteiger partial charge in [-0.1, -0.05) is 20.8 Å². The standard InChI is InChI=1S/C16H26N2O2S/c1-16(2,3)15-17-9-12(21-15)10-18-6-8-20-14(11-18)13-5-4-7-19-13/h9,13-14H,4-8,10-11H2,1-3H3/t13-,14-/m0/s1. The van der Waals surface area contributed by atoms with Crippen molar-refractivity contribution in [3.63, 3.8) is 0 Å². The van der Waals surface area contributed by atoms with Gasteiger partial charge in [0.25, 0.3) is 0 Å². The molecule has 0 spiro atoms. The van der Waals surface area contributed by atoms with Gasteiger partial charge in [0.1, 0.15) is 0 Å². The van der Waals surface area contributed by atoms with Crippen LogP contribution in [0.4, 0.5) is 0 Å². The molecule has 0 amide bonds. The largest absolute Gasteiger partial charge is 0.375 e. The van der Waals surface area contributed by atoms with E-state index in [9.17, 15) is 0 Å². The lowest BCUT2D eigenvalue weighted by molar-refractivity contribution is -0.0958.